The number of phenolic OH excluding ortho intramolecular Hbond substituents is 1. The van der Waals surface area contributed by atoms with Gasteiger partial charge in [-0.1, -0.05) is 0 Å². The van der Waals surface area contributed by atoms with E-state index in [0.29, 0.717) is 10.2 Å². The van der Waals surface area contributed by atoms with E-state index in [2.05, 4.69) is 30.7 Å². The van der Waals surface area contributed by atoms with E-state index in [1.165, 1.54) is 20.3 Å². The van der Waals surface area contributed by atoms with E-state index >= 15 is 0 Å². The largest absolute Gasteiger partial charge is 0.505 e. The second kappa shape index (κ2) is 7.53. The zero-order chi connectivity index (χ0) is 16.0. The number of aromatic hydroxyl groups is 1. The quantitative estimate of drug-likeness (QED) is 0.470. The van der Waals surface area contributed by atoms with Gasteiger partial charge in [0.15, 0.2) is 5.75 Å². The molecule has 114 valence electrons. The normalized spacial score (nSPS) is 10.8. The fourth-order valence-corrected chi connectivity index (χ4v) is 1.80. The highest BCUT2D eigenvalue weighted by molar-refractivity contribution is 9.10. The third kappa shape index (κ3) is 4.38. The van der Waals surface area contributed by atoms with Gasteiger partial charge in [0.05, 0.1) is 37.6 Å². The van der Waals surface area contributed by atoms with Gasteiger partial charge < -0.3 is 24.6 Å². The standard InChI is InChI=1S/C13H14BrNO6/c1-19-7-4-8(14)12(17)9(5-7)15-10(13(18)21-3)6-11(16)20-2/h4-6,15,17H,1-3H3/b10-6+. The van der Waals surface area contributed by atoms with Crippen LogP contribution in [0.3, 0.4) is 0 Å². The molecular weight excluding hydrogens is 346 g/mol. The van der Waals surface area contributed by atoms with E-state index in [9.17, 15) is 14.7 Å². The molecule has 0 spiro atoms. The Labute approximate surface area is 129 Å². The number of esters is 2. The minimum absolute atomic E-state index is 0.154. The second-order valence-corrected chi connectivity index (χ2v) is 4.56. The number of benzene rings is 1. The molecule has 2 N–H and O–H groups in total. The zero-order valence-electron chi connectivity index (χ0n) is 11.6. The van der Waals surface area contributed by atoms with Crippen molar-refractivity contribution in [2.45, 2.75) is 0 Å². The van der Waals surface area contributed by atoms with Gasteiger partial charge in [0.25, 0.3) is 0 Å². The second-order valence-electron chi connectivity index (χ2n) is 3.70. The number of halogens is 1. The highest BCUT2D eigenvalue weighted by atomic mass is 79.9. The molecule has 0 aliphatic heterocycles. The van der Waals surface area contributed by atoms with E-state index in [-0.39, 0.29) is 17.1 Å². The molecule has 0 atom stereocenters. The molecule has 0 radical (unpaired) electrons. The van der Waals surface area contributed by atoms with E-state index in [4.69, 9.17) is 4.74 Å². The number of phenols is 1. The summed E-state index contributed by atoms with van der Waals surface area (Å²) in [6, 6.07) is 3.00. The number of rotatable bonds is 5. The molecule has 1 aromatic rings. The summed E-state index contributed by atoms with van der Waals surface area (Å²) in [4.78, 5) is 22.9. The Balaban J connectivity index is 3.20. The van der Waals surface area contributed by atoms with Crippen LogP contribution >= 0.6 is 15.9 Å². The lowest BCUT2D eigenvalue weighted by molar-refractivity contribution is -0.138. The molecule has 0 aliphatic carbocycles. The first kappa shape index (κ1) is 16.8. The van der Waals surface area contributed by atoms with Crippen LogP contribution in [0.4, 0.5) is 5.69 Å². The summed E-state index contributed by atoms with van der Waals surface area (Å²) in [7, 11) is 3.79. The molecule has 7 nitrogen and oxygen atoms in total. The number of carbonyl (C=O) groups is 2. The summed E-state index contributed by atoms with van der Waals surface area (Å²) < 4.78 is 14.4. The lowest BCUT2D eigenvalue weighted by Gasteiger charge is -2.13. The summed E-state index contributed by atoms with van der Waals surface area (Å²) in [5, 5.41) is 12.6. The van der Waals surface area contributed by atoms with Crippen molar-refractivity contribution in [3.05, 3.63) is 28.4 Å². The monoisotopic (exact) mass is 359 g/mol. The number of nitrogens with one attached hydrogen (secondary N) is 1. The highest BCUT2D eigenvalue weighted by Gasteiger charge is 2.16. The molecule has 1 rings (SSSR count). The van der Waals surface area contributed by atoms with Crippen LogP contribution in [0, 0.1) is 0 Å². The highest BCUT2D eigenvalue weighted by Crippen LogP contribution is 2.37. The summed E-state index contributed by atoms with van der Waals surface area (Å²) in [6.07, 6.45) is 0.915. The van der Waals surface area contributed by atoms with Crippen molar-refractivity contribution in [3.8, 4) is 11.5 Å². The van der Waals surface area contributed by atoms with Gasteiger partial charge >= 0.3 is 11.9 Å². The van der Waals surface area contributed by atoms with Gasteiger partial charge in [0.2, 0.25) is 0 Å². The van der Waals surface area contributed by atoms with Crippen molar-refractivity contribution in [2.75, 3.05) is 26.6 Å². The third-order valence-corrected chi connectivity index (χ3v) is 3.02. The maximum Gasteiger partial charge on any atom is 0.354 e. The summed E-state index contributed by atoms with van der Waals surface area (Å²) in [6.45, 7) is 0. The molecule has 0 amide bonds. The molecular formula is C13H14BrNO6. The van der Waals surface area contributed by atoms with E-state index in [0.717, 1.165) is 13.2 Å². The number of hydrogen-bond donors (Lipinski definition) is 2. The van der Waals surface area contributed by atoms with Crippen molar-refractivity contribution in [1.29, 1.82) is 0 Å². The van der Waals surface area contributed by atoms with Gasteiger partial charge in [-0.05, 0) is 22.0 Å². The van der Waals surface area contributed by atoms with E-state index in [1.54, 1.807) is 6.07 Å². The van der Waals surface area contributed by atoms with Gasteiger partial charge in [-0.25, -0.2) is 9.59 Å². The molecule has 0 heterocycles. The zero-order valence-corrected chi connectivity index (χ0v) is 13.2. The number of ether oxygens (including phenoxy) is 3. The summed E-state index contributed by atoms with van der Waals surface area (Å²) in [5.41, 5.74) is -0.0402. The van der Waals surface area contributed by atoms with Crippen LogP contribution < -0.4 is 10.1 Å². The van der Waals surface area contributed by atoms with Crippen LogP contribution in [0.15, 0.2) is 28.4 Å². The van der Waals surface area contributed by atoms with Crippen molar-refractivity contribution in [1.82, 2.24) is 0 Å². The smallest absolute Gasteiger partial charge is 0.354 e. The Kier molecular flexibility index (Phi) is 6.04. The van der Waals surface area contributed by atoms with Crippen LogP contribution in [0.5, 0.6) is 11.5 Å². The first-order valence-corrected chi connectivity index (χ1v) is 6.43. The van der Waals surface area contributed by atoms with E-state index < -0.39 is 11.9 Å². The molecule has 0 saturated carbocycles. The summed E-state index contributed by atoms with van der Waals surface area (Å²) in [5.74, 6) is -1.26. The fraction of sp³-hybridized carbons (Fsp3) is 0.231. The van der Waals surface area contributed by atoms with Gasteiger partial charge in [-0.2, -0.15) is 0 Å². The van der Waals surface area contributed by atoms with Crippen LogP contribution in [0.25, 0.3) is 0 Å². The maximum atomic E-state index is 11.6. The molecule has 0 aliphatic rings. The van der Waals surface area contributed by atoms with Crippen LogP contribution in [-0.2, 0) is 19.1 Å². The molecule has 1 aromatic carbocycles. The number of carbonyl (C=O) groups excluding carboxylic acids is 2. The number of hydrogen-bond acceptors (Lipinski definition) is 7. The van der Waals surface area contributed by atoms with Crippen molar-refractivity contribution in [3.63, 3.8) is 0 Å². The lowest BCUT2D eigenvalue weighted by Crippen LogP contribution is -2.15. The first-order valence-electron chi connectivity index (χ1n) is 5.64. The van der Waals surface area contributed by atoms with Gasteiger partial charge in [-0.3, -0.25) is 0 Å². The predicted octanol–water partition coefficient (Wildman–Crippen LogP) is 1.81. The Hall–Kier alpha value is -2.22. The molecule has 0 saturated heterocycles. The lowest BCUT2D eigenvalue weighted by atomic mass is 10.2. The number of anilines is 1. The predicted molar refractivity (Wildman–Crippen MR) is 78.1 cm³/mol. The third-order valence-electron chi connectivity index (χ3n) is 2.41. The average Bonchev–Trinajstić information content (AvgIpc) is 2.49. The Bertz CT molecular complexity index is 584. The van der Waals surface area contributed by atoms with Crippen molar-refractivity contribution in [2.24, 2.45) is 0 Å². The van der Waals surface area contributed by atoms with Crippen LogP contribution in [0.1, 0.15) is 0 Å². The molecule has 0 unspecified atom stereocenters. The molecule has 0 aromatic heterocycles. The Morgan fingerprint density at radius 2 is 1.90 bits per heavy atom. The minimum atomic E-state index is -0.793. The van der Waals surface area contributed by atoms with Gasteiger partial charge in [0.1, 0.15) is 11.4 Å². The van der Waals surface area contributed by atoms with Crippen LogP contribution in [-0.4, -0.2) is 38.4 Å². The molecule has 8 heteroatoms. The van der Waals surface area contributed by atoms with E-state index in [1.807, 2.05) is 0 Å². The fourth-order valence-electron chi connectivity index (χ4n) is 1.37. The topological polar surface area (TPSA) is 94.1 Å². The van der Waals surface area contributed by atoms with Crippen molar-refractivity contribution < 1.29 is 28.9 Å². The molecule has 0 fully saturated rings. The Morgan fingerprint density at radius 1 is 1.24 bits per heavy atom. The number of methoxy groups -OCH3 is 3. The van der Waals surface area contributed by atoms with Gasteiger partial charge in [0, 0.05) is 6.07 Å². The minimum Gasteiger partial charge on any atom is -0.505 e. The Morgan fingerprint density at radius 3 is 2.43 bits per heavy atom. The van der Waals surface area contributed by atoms with Crippen molar-refractivity contribution >= 4 is 33.6 Å². The molecule has 21 heavy (non-hydrogen) atoms. The maximum absolute atomic E-state index is 11.6. The van der Waals surface area contributed by atoms with Gasteiger partial charge in [-0.15, -0.1) is 0 Å². The first-order chi connectivity index (χ1) is 9.92. The SMILES string of the molecule is COC(=O)/C=C(/Nc1cc(OC)cc(Br)c1O)C(=O)OC. The van der Waals surface area contributed by atoms with Crippen LogP contribution in [0.2, 0.25) is 0 Å². The average molecular weight is 360 g/mol. The molecule has 0 bridgehead atoms. The summed E-state index contributed by atoms with van der Waals surface area (Å²) >= 11 is 3.15.